The van der Waals surface area contributed by atoms with Crippen molar-refractivity contribution in [1.29, 1.82) is 0 Å². The third-order valence-electron chi connectivity index (χ3n) is 3.96. The van der Waals surface area contributed by atoms with Crippen LogP contribution in [0.1, 0.15) is 24.1 Å². The van der Waals surface area contributed by atoms with Crippen LogP contribution in [-0.4, -0.2) is 18.4 Å². The first kappa shape index (κ1) is 19.0. The van der Waals surface area contributed by atoms with Crippen molar-refractivity contribution in [3.8, 4) is 0 Å². The molecule has 0 fully saturated rings. The summed E-state index contributed by atoms with van der Waals surface area (Å²) < 4.78 is 0. The molecule has 0 heterocycles. The molecular weight excluding hydrogens is 338 g/mol. The van der Waals surface area contributed by atoms with Crippen molar-refractivity contribution in [2.75, 3.05) is 11.9 Å². The highest BCUT2D eigenvalue weighted by Crippen LogP contribution is 2.22. The smallest absolute Gasteiger partial charge is 0.243 e. The molecule has 2 atom stereocenters. The normalized spacial score (nSPS) is 13.0. The molecule has 2 amide bonds. The van der Waals surface area contributed by atoms with Crippen LogP contribution in [0.2, 0.25) is 5.02 Å². The summed E-state index contributed by atoms with van der Waals surface area (Å²) in [6.45, 7) is 3.51. The van der Waals surface area contributed by atoms with Crippen LogP contribution in [0.5, 0.6) is 0 Å². The van der Waals surface area contributed by atoms with Crippen LogP contribution >= 0.6 is 11.6 Å². The van der Waals surface area contributed by atoms with E-state index in [4.69, 9.17) is 17.3 Å². The summed E-state index contributed by atoms with van der Waals surface area (Å²) in [7, 11) is 0. The fraction of sp³-hybridized carbons (Fsp3) is 0.263. The van der Waals surface area contributed by atoms with Gasteiger partial charge < -0.3 is 16.4 Å². The highest BCUT2D eigenvalue weighted by Gasteiger charge is 2.22. The number of rotatable bonds is 6. The van der Waals surface area contributed by atoms with E-state index in [0.29, 0.717) is 10.7 Å². The average Bonchev–Trinajstić information content (AvgIpc) is 2.61. The summed E-state index contributed by atoms with van der Waals surface area (Å²) in [5, 5.41) is 5.74. The molecule has 25 heavy (non-hydrogen) atoms. The molecule has 0 spiro atoms. The number of nitrogens with one attached hydrogen (secondary N) is 2. The fourth-order valence-electron chi connectivity index (χ4n) is 2.37. The van der Waals surface area contributed by atoms with Crippen molar-refractivity contribution in [1.82, 2.24) is 5.32 Å². The van der Waals surface area contributed by atoms with E-state index in [1.165, 1.54) is 0 Å². The van der Waals surface area contributed by atoms with Crippen molar-refractivity contribution >= 4 is 29.1 Å². The van der Waals surface area contributed by atoms with Gasteiger partial charge in [0.1, 0.15) is 0 Å². The van der Waals surface area contributed by atoms with Crippen molar-refractivity contribution in [2.45, 2.75) is 19.9 Å². The maximum atomic E-state index is 12.2. The zero-order valence-corrected chi connectivity index (χ0v) is 15.0. The molecule has 132 valence electrons. The van der Waals surface area contributed by atoms with Crippen molar-refractivity contribution in [2.24, 2.45) is 11.7 Å². The van der Waals surface area contributed by atoms with E-state index in [0.717, 1.165) is 11.1 Å². The third-order valence-corrected chi connectivity index (χ3v) is 4.27. The van der Waals surface area contributed by atoms with E-state index in [1.54, 1.807) is 19.1 Å². The summed E-state index contributed by atoms with van der Waals surface area (Å²) in [5.74, 6) is -1.08. The number of amides is 2. The summed E-state index contributed by atoms with van der Waals surface area (Å²) in [5.41, 5.74) is 8.51. The monoisotopic (exact) mass is 359 g/mol. The van der Waals surface area contributed by atoms with Gasteiger partial charge in [-0.3, -0.25) is 9.59 Å². The molecule has 2 aromatic rings. The van der Waals surface area contributed by atoms with E-state index < -0.39 is 12.0 Å². The minimum atomic E-state index is -0.460. The van der Waals surface area contributed by atoms with E-state index in [1.807, 2.05) is 43.3 Å². The van der Waals surface area contributed by atoms with Crippen LogP contribution in [0.3, 0.4) is 0 Å². The van der Waals surface area contributed by atoms with Gasteiger partial charge in [0.05, 0.1) is 23.2 Å². The number of benzene rings is 2. The first-order chi connectivity index (χ1) is 11.9. The molecule has 0 aliphatic heterocycles. The Kier molecular flexibility index (Phi) is 6.56. The van der Waals surface area contributed by atoms with Crippen LogP contribution in [0.4, 0.5) is 5.69 Å². The zero-order valence-electron chi connectivity index (χ0n) is 14.3. The van der Waals surface area contributed by atoms with Gasteiger partial charge in [-0.2, -0.15) is 0 Å². The molecule has 0 aliphatic rings. The topological polar surface area (TPSA) is 84.2 Å². The fourth-order valence-corrected chi connectivity index (χ4v) is 2.65. The molecule has 2 aromatic carbocycles. The largest absolute Gasteiger partial charge is 0.347 e. The van der Waals surface area contributed by atoms with Crippen LogP contribution in [0.25, 0.3) is 0 Å². The molecule has 2 rings (SSSR count). The predicted octanol–water partition coefficient (Wildman–Crippen LogP) is 3.04. The summed E-state index contributed by atoms with van der Waals surface area (Å²) >= 11 is 6.08. The summed E-state index contributed by atoms with van der Waals surface area (Å²) in [4.78, 5) is 24.2. The quantitative estimate of drug-likeness (QED) is 0.741. The molecule has 0 aliphatic carbocycles. The second kappa shape index (κ2) is 8.65. The molecular formula is C19H22ClN3O2. The summed E-state index contributed by atoms with van der Waals surface area (Å²) in [6, 6.07) is 14.3. The SMILES string of the molecule is Cc1ccc(NC(=O)CNC(=O)C(C)C(N)c2ccccc2)c(Cl)c1. The lowest BCUT2D eigenvalue weighted by Gasteiger charge is -2.19. The second-order valence-electron chi connectivity index (χ2n) is 5.97. The van der Waals surface area contributed by atoms with Gasteiger partial charge >= 0.3 is 0 Å². The molecule has 0 saturated heterocycles. The Morgan fingerprint density at radius 3 is 2.48 bits per heavy atom. The Balaban J connectivity index is 1.87. The average molecular weight is 360 g/mol. The van der Waals surface area contributed by atoms with Gasteiger partial charge in [-0.15, -0.1) is 0 Å². The lowest BCUT2D eigenvalue weighted by Crippen LogP contribution is -2.39. The minimum absolute atomic E-state index is 0.144. The van der Waals surface area contributed by atoms with Gasteiger partial charge in [0, 0.05) is 6.04 Å². The summed E-state index contributed by atoms with van der Waals surface area (Å²) in [6.07, 6.45) is 0. The number of hydrogen-bond donors (Lipinski definition) is 3. The maximum absolute atomic E-state index is 12.2. The highest BCUT2D eigenvalue weighted by atomic mass is 35.5. The van der Waals surface area contributed by atoms with Crippen molar-refractivity contribution in [3.63, 3.8) is 0 Å². The van der Waals surface area contributed by atoms with Crippen LogP contribution in [-0.2, 0) is 9.59 Å². The number of carbonyl (C=O) groups is 2. The van der Waals surface area contributed by atoms with Crippen molar-refractivity contribution in [3.05, 3.63) is 64.7 Å². The highest BCUT2D eigenvalue weighted by molar-refractivity contribution is 6.33. The first-order valence-corrected chi connectivity index (χ1v) is 8.40. The molecule has 0 radical (unpaired) electrons. The number of nitrogens with two attached hydrogens (primary N) is 1. The second-order valence-corrected chi connectivity index (χ2v) is 6.38. The lowest BCUT2D eigenvalue weighted by atomic mass is 9.95. The third kappa shape index (κ3) is 5.31. The Labute approximate surface area is 152 Å². The standard InChI is InChI=1S/C19H22ClN3O2/c1-12-8-9-16(15(20)10-12)23-17(24)11-22-19(25)13(2)18(21)14-6-4-3-5-7-14/h3-10,13,18H,11,21H2,1-2H3,(H,22,25)(H,23,24). The Hall–Kier alpha value is -2.37. The Morgan fingerprint density at radius 2 is 1.84 bits per heavy atom. The van der Waals surface area contributed by atoms with Gasteiger partial charge in [-0.05, 0) is 30.2 Å². The molecule has 2 unspecified atom stereocenters. The molecule has 0 bridgehead atoms. The Bertz CT molecular complexity index is 750. The molecule has 0 aromatic heterocycles. The van der Waals surface area contributed by atoms with Gasteiger partial charge in [0.2, 0.25) is 11.8 Å². The molecule has 0 saturated carbocycles. The molecule has 5 nitrogen and oxygen atoms in total. The Morgan fingerprint density at radius 1 is 1.16 bits per heavy atom. The van der Waals surface area contributed by atoms with Crippen molar-refractivity contribution < 1.29 is 9.59 Å². The lowest BCUT2D eigenvalue weighted by molar-refractivity contribution is -0.127. The van der Waals surface area contributed by atoms with E-state index >= 15 is 0 Å². The maximum Gasteiger partial charge on any atom is 0.243 e. The number of carbonyl (C=O) groups excluding carboxylic acids is 2. The predicted molar refractivity (Wildman–Crippen MR) is 100 cm³/mol. The van der Waals surface area contributed by atoms with Gasteiger partial charge in [0.25, 0.3) is 0 Å². The van der Waals surface area contributed by atoms with Gasteiger partial charge in [0.15, 0.2) is 0 Å². The van der Waals surface area contributed by atoms with Gasteiger partial charge in [-0.25, -0.2) is 0 Å². The van der Waals surface area contributed by atoms with Gasteiger partial charge in [-0.1, -0.05) is 54.9 Å². The number of anilines is 1. The molecule has 4 N–H and O–H groups in total. The van der Waals surface area contributed by atoms with Crippen LogP contribution < -0.4 is 16.4 Å². The van der Waals surface area contributed by atoms with E-state index in [2.05, 4.69) is 10.6 Å². The number of aryl methyl sites for hydroxylation is 1. The van der Waals surface area contributed by atoms with E-state index in [9.17, 15) is 9.59 Å². The zero-order chi connectivity index (χ0) is 18.4. The first-order valence-electron chi connectivity index (χ1n) is 8.02. The number of hydrogen-bond acceptors (Lipinski definition) is 3. The number of halogens is 1. The molecule has 6 heteroatoms. The van der Waals surface area contributed by atoms with Crippen LogP contribution in [0, 0.1) is 12.8 Å². The minimum Gasteiger partial charge on any atom is -0.347 e. The van der Waals surface area contributed by atoms with Crippen LogP contribution in [0.15, 0.2) is 48.5 Å². The van der Waals surface area contributed by atoms with E-state index in [-0.39, 0.29) is 18.4 Å².